The van der Waals surface area contributed by atoms with E-state index < -0.39 is 5.91 Å². The maximum Gasteiger partial charge on any atom is 0.276 e. The van der Waals surface area contributed by atoms with Crippen LogP contribution in [-0.4, -0.2) is 38.9 Å². The first-order valence-corrected chi connectivity index (χ1v) is 10.8. The van der Waals surface area contributed by atoms with E-state index in [-0.39, 0.29) is 18.3 Å². The summed E-state index contributed by atoms with van der Waals surface area (Å²) in [5.41, 5.74) is 8.87. The fraction of sp³-hybridized carbons (Fsp3) is 0.273. The summed E-state index contributed by atoms with van der Waals surface area (Å²) in [6.07, 6.45) is 2.50. The van der Waals surface area contributed by atoms with E-state index in [0.29, 0.717) is 10.9 Å². The summed E-state index contributed by atoms with van der Waals surface area (Å²) in [6, 6.07) is 13.7. The van der Waals surface area contributed by atoms with Gasteiger partial charge in [0.15, 0.2) is 11.8 Å². The van der Waals surface area contributed by atoms with Crippen LogP contribution in [0.25, 0.3) is 5.69 Å². The van der Waals surface area contributed by atoms with Crippen molar-refractivity contribution in [3.63, 3.8) is 0 Å². The maximum absolute atomic E-state index is 12.1. The quantitative estimate of drug-likeness (QED) is 0.414. The third-order valence-electron chi connectivity index (χ3n) is 4.52. The number of aromatic nitrogens is 3. The van der Waals surface area contributed by atoms with Gasteiger partial charge in [-0.1, -0.05) is 49.0 Å². The third-order valence-corrected chi connectivity index (χ3v) is 5.47. The van der Waals surface area contributed by atoms with Crippen LogP contribution in [0.4, 0.5) is 0 Å². The molecule has 0 saturated heterocycles. The Kier molecular flexibility index (Phi) is 7.66. The molecule has 0 aliphatic rings. The molecular weight excluding hydrogens is 414 g/mol. The average Bonchev–Trinajstić information content (AvgIpc) is 3.25. The molecule has 0 spiro atoms. The van der Waals surface area contributed by atoms with Gasteiger partial charge in [0, 0.05) is 0 Å². The summed E-state index contributed by atoms with van der Waals surface area (Å²) in [5, 5.41) is 8.67. The molecule has 31 heavy (non-hydrogen) atoms. The summed E-state index contributed by atoms with van der Waals surface area (Å²) >= 11 is 1.24. The molecule has 3 aromatic rings. The van der Waals surface area contributed by atoms with E-state index in [0.717, 1.165) is 28.8 Å². The van der Waals surface area contributed by atoms with Crippen LogP contribution in [0.1, 0.15) is 23.6 Å². The largest absolute Gasteiger partial charge is 0.483 e. The Balaban J connectivity index is 1.47. The highest BCUT2D eigenvalue weighted by atomic mass is 32.2. The van der Waals surface area contributed by atoms with Crippen LogP contribution in [0.3, 0.4) is 0 Å². The molecule has 162 valence electrons. The van der Waals surface area contributed by atoms with Gasteiger partial charge in [-0.2, -0.15) is 0 Å². The predicted molar refractivity (Wildman–Crippen MR) is 119 cm³/mol. The standard InChI is InChI=1S/C22H25N5O3S/c1-4-17-7-5-6-8-18(17)27-14-23-26-22(27)31-13-21(29)25-24-20(28)12-30-19-11-15(2)9-10-16(19)3/h5-11,14H,4,12-13H2,1-3H3,(H,24,28)(H,25,29). The molecule has 0 fully saturated rings. The molecule has 2 N–H and O–H groups in total. The second kappa shape index (κ2) is 10.6. The van der Waals surface area contributed by atoms with Crippen LogP contribution < -0.4 is 15.6 Å². The van der Waals surface area contributed by atoms with Crippen molar-refractivity contribution in [3.05, 3.63) is 65.5 Å². The van der Waals surface area contributed by atoms with Crippen LogP contribution >= 0.6 is 11.8 Å². The van der Waals surface area contributed by atoms with Gasteiger partial charge < -0.3 is 4.74 Å². The van der Waals surface area contributed by atoms with E-state index in [1.54, 1.807) is 6.33 Å². The van der Waals surface area contributed by atoms with Crippen molar-refractivity contribution < 1.29 is 14.3 Å². The molecule has 2 amide bonds. The molecule has 0 atom stereocenters. The van der Waals surface area contributed by atoms with E-state index in [1.807, 2.05) is 60.9 Å². The number of hydrazine groups is 1. The fourth-order valence-corrected chi connectivity index (χ4v) is 3.60. The minimum atomic E-state index is -0.445. The minimum absolute atomic E-state index is 0.0745. The number of para-hydroxylation sites is 1. The number of nitrogens with zero attached hydrogens (tertiary/aromatic N) is 3. The number of hydrogen-bond donors (Lipinski definition) is 2. The number of nitrogens with one attached hydrogen (secondary N) is 2. The molecular formula is C22H25N5O3S. The Bertz CT molecular complexity index is 1070. The first-order valence-electron chi connectivity index (χ1n) is 9.86. The molecule has 8 nitrogen and oxygen atoms in total. The van der Waals surface area contributed by atoms with Crippen molar-refractivity contribution in [2.45, 2.75) is 32.3 Å². The molecule has 0 aliphatic heterocycles. The van der Waals surface area contributed by atoms with E-state index in [2.05, 4.69) is 28.0 Å². The Hall–Kier alpha value is -3.33. The van der Waals surface area contributed by atoms with Crippen LogP contribution in [0.15, 0.2) is 53.9 Å². The topological polar surface area (TPSA) is 98.1 Å². The SMILES string of the molecule is CCc1ccccc1-n1cnnc1SCC(=O)NNC(=O)COc1cc(C)ccc1C. The molecule has 2 aromatic carbocycles. The smallest absolute Gasteiger partial charge is 0.276 e. The number of carbonyl (C=O) groups is 2. The van der Waals surface area contributed by atoms with Crippen molar-refractivity contribution in [1.82, 2.24) is 25.6 Å². The molecule has 0 radical (unpaired) electrons. The number of carbonyl (C=O) groups excluding carboxylic acids is 2. The number of amides is 2. The lowest BCUT2D eigenvalue weighted by Gasteiger charge is -2.12. The van der Waals surface area contributed by atoms with Gasteiger partial charge in [-0.15, -0.1) is 10.2 Å². The molecule has 1 heterocycles. The maximum atomic E-state index is 12.1. The zero-order chi connectivity index (χ0) is 22.2. The van der Waals surface area contributed by atoms with E-state index in [4.69, 9.17) is 4.74 Å². The summed E-state index contributed by atoms with van der Waals surface area (Å²) in [7, 11) is 0. The number of benzene rings is 2. The Labute approximate surface area is 185 Å². The minimum Gasteiger partial charge on any atom is -0.483 e. The number of ether oxygens (including phenoxy) is 1. The summed E-state index contributed by atoms with van der Waals surface area (Å²) in [4.78, 5) is 24.1. The number of thioether (sulfide) groups is 1. The van der Waals surface area contributed by atoms with E-state index in [9.17, 15) is 9.59 Å². The lowest BCUT2D eigenvalue weighted by atomic mass is 10.1. The van der Waals surface area contributed by atoms with Gasteiger partial charge in [0.25, 0.3) is 5.91 Å². The first kappa shape index (κ1) is 22.4. The second-order valence-corrected chi connectivity index (χ2v) is 7.85. The van der Waals surface area contributed by atoms with Crippen LogP contribution in [0.5, 0.6) is 5.75 Å². The van der Waals surface area contributed by atoms with Gasteiger partial charge in [0.05, 0.1) is 11.4 Å². The van der Waals surface area contributed by atoms with Gasteiger partial charge in [-0.05, 0) is 49.1 Å². The lowest BCUT2D eigenvalue weighted by molar-refractivity contribution is -0.128. The van der Waals surface area contributed by atoms with Crippen molar-refractivity contribution in [2.75, 3.05) is 12.4 Å². The Morgan fingerprint density at radius 1 is 1.10 bits per heavy atom. The van der Waals surface area contributed by atoms with Gasteiger partial charge in [0.2, 0.25) is 5.91 Å². The van der Waals surface area contributed by atoms with Crippen molar-refractivity contribution >= 4 is 23.6 Å². The highest BCUT2D eigenvalue weighted by Crippen LogP contribution is 2.22. The molecule has 9 heteroatoms. The molecule has 3 rings (SSSR count). The number of hydrogen-bond acceptors (Lipinski definition) is 6. The van der Waals surface area contributed by atoms with Crippen molar-refractivity contribution in [1.29, 1.82) is 0 Å². The molecule has 0 unspecified atom stereocenters. The van der Waals surface area contributed by atoms with Gasteiger partial charge in [-0.25, -0.2) is 0 Å². The third kappa shape index (κ3) is 6.08. The van der Waals surface area contributed by atoms with E-state index >= 15 is 0 Å². The first-order chi connectivity index (χ1) is 15.0. The molecule has 1 aromatic heterocycles. The normalized spacial score (nSPS) is 10.5. The molecule has 0 bridgehead atoms. The Morgan fingerprint density at radius 3 is 2.68 bits per heavy atom. The highest BCUT2D eigenvalue weighted by molar-refractivity contribution is 7.99. The Morgan fingerprint density at radius 2 is 1.87 bits per heavy atom. The number of aryl methyl sites for hydroxylation is 3. The number of rotatable bonds is 8. The second-order valence-electron chi connectivity index (χ2n) is 6.91. The van der Waals surface area contributed by atoms with Crippen LogP contribution in [0, 0.1) is 13.8 Å². The van der Waals surface area contributed by atoms with Crippen LogP contribution in [0.2, 0.25) is 0 Å². The summed E-state index contributed by atoms with van der Waals surface area (Å²) < 4.78 is 7.38. The van der Waals surface area contributed by atoms with Gasteiger partial charge in [-0.3, -0.25) is 25.0 Å². The summed E-state index contributed by atoms with van der Waals surface area (Å²) in [5.74, 6) is -0.0862. The summed E-state index contributed by atoms with van der Waals surface area (Å²) in [6.45, 7) is 5.74. The highest BCUT2D eigenvalue weighted by Gasteiger charge is 2.13. The molecule has 0 aliphatic carbocycles. The van der Waals surface area contributed by atoms with Crippen molar-refractivity contribution in [2.24, 2.45) is 0 Å². The van der Waals surface area contributed by atoms with Crippen LogP contribution in [-0.2, 0) is 16.0 Å². The average molecular weight is 440 g/mol. The zero-order valence-corrected chi connectivity index (χ0v) is 18.5. The van der Waals surface area contributed by atoms with Crippen molar-refractivity contribution in [3.8, 4) is 11.4 Å². The lowest BCUT2D eigenvalue weighted by Crippen LogP contribution is -2.44. The predicted octanol–water partition coefficient (Wildman–Crippen LogP) is 2.77. The van der Waals surface area contributed by atoms with Gasteiger partial charge >= 0.3 is 0 Å². The van der Waals surface area contributed by atoms with E-state index in [1.165, 1.54) is 11.8 Å². The zero-order valence-electron chi connectivity index (χ0n) is 17.7. The molecule has 0 saturated carbocycles. The monoisotopic (exact) mass is 439 g/mol. The van der Waals surface area contributed by atoms with Gasteiger partial charge in [0.1, 0.15) is 12.1 Å². The fourth-order valence-electron chi connectivity index (χ4n) is 2.88.